The number of rotatable bonds is 3. The van der Waals surface area contributed by atoms with Crippen molar-refractivity contribution in [3.8, 4) is 0 Å². The lowest BCUT2D eigenvalue weighted by Crippen LogP contribution is -2.39. The van der Waals surface area contributed by atoms with Gasteiger partial charge in [-0.3, -0.25) is 0 Å². The van der Waals surface area contributed by atoms with Crippen molar-refractivity contribution >= 4 is 21.4 Å². The summed E-state index contributed by atoms with van der Waals surface area (Å²) in [6.45, 7) is 1.47. The molecule has 0 amide bonds. The third-order valence-corrected chi connectivity index (χ3v) is 5.29. The van der Waals surface area contributed by atoms with Crippen LogP contribution in [0.2, 0.25) is 5.15 Å². The first-order valence-corrected chi connectivity index (χ1v) is 7.70. The minimum atomic E-state index is -3.09. The van der Waals surface area contributed by atoms with Gasteiger partial charge < -0.3 is 5.32 Å². The molecule has 94 valence electrons. The Morgan fingerprint density at radius 1 is 1.47 bits per heavy atom. The second-order valence-electron chi connectivity index (χ2n) is 4.26. The quantitative estimate of drug-likeness (QED) is 0.847. The summed E-state index contributed by atoms with van der Waals surface area (Å²) >= 11 is 5.66. The molecule has 0 bridgehead atoms. The van der Waals surface area contributed by atoms with Gasteiger partial charge in [-0.05, 0) is 31.0 Å². The van der Waals surface area contributed by atoms with Gasteiger partial charge in [0, 0.05) is 12.7 Å². The number of hydrogen-bond acceptors (Lipinski definition) is 4. The van der Waals surface area contributed by atoms with Crippen molar-refractivity contribution in [1.29, 1.82) is 0 Å². The Hall–Kier alpha value is -0.650. The number of hydrogen-bond donors (Lipinski definition) is 1. The molecular formula is C11H15ClN2O2S. The first-order chi connectivity index (χ1) is 8.08. The van der Waals surface area contributed by atoms with Gasteiger partial charge in [0.2, 0.25) is 0 Å². The fourth-order valence-electron chi connectivity index (χ4n) is 1.97. The van der Waals surface area contributed by atoms with Gasteiger partial charge in [0.1, 0.15) is 5.15 Å². The average molecular weight is 275 g/mol. The van der Waals surface area contributed by atoms with Crippen LogP contribution in [0.1, 0.15) is 18.4 Å². The minimum Gasteiger partial charge on any atom is -0.315 e. The maximum Gasteiger partial charge on any atom is 0.158 e. The van der Waals surface area contributed by atoms with E-state index in [1.807, 2.05) is 0 Å². The fourth-order valence-corrected chi connectivity index (χ4v) is 3.85. The van der Waals surface area contributed by atoms with Gasteiger partial charge in [-0.25, -0.2) is 13.4 Å². The van der Waals surface area contributed by atoms with Crippen LogP contribution in [0.4, 0.5) is 0 Å². The molecule has 2 heterocycles. The van der Waals surface area contributed by atoms with Gasteiger partial charge in [0.15, 0.2) is 9.84 Å². The Kier molecular flexibility index (Phi) is 4.01. The zero-order valence-electron chi connectivity index (χ0n) is 9.39. The number of sulfone groups is 1. The molecule has 1 fully saturated rings. The number of nitrogens with one attached hydrogen (secondary N) is 1. The third-order valence-electron chi connectivity index (χ3n) is 2.92. The van der Waals surface area contributed by atoms with E-state index in [-0.39, 0.29) is 11.0 Å². The predicted molar refractivity (Wildman–Crippen MR) is 67.8 cm³/mol. The van der Waals surface area contributed by atoms with Crippen molar-refractivity contribution in [2.24, 2.45) is 0 Å². The van der Waals surface area contributed by atoms with Crippen molar-refractivity contribution in [3.05, 3.63) is 29.0 Å². The second kappa shape index (κ2) is 5.33. The summed E-state index contributed by atoms with van der Waals surface area (Å²) in [7, 11) is -3.09. The van der Waals surface area contributed by atoms with E-state index in [2.05, 4.69) is 10.3 Å². The number of pyridine rings is 1. The minimum absolute atomic E-state index is 0.0452. The van der Waals surface area contributed by atoms with E-state index in [0.29, 0.717) is 17.3 Å². The molecule has 0 radical (unpaired) electrons. The molecule has 1 aliphatic rings. The molecule has 1 atom stereocenters. The molecule has 6 heteroatoms. The van der Waals surface area contributed by atoms with Crippen LogP contribution in [-0.4, -0.2) is 31.7 Å². The molecule has 4 nitrogen and oxygen atoms in total. The molecule has 1 aromatic rings. The molecule has 0 aliphatic carbocycles. The molecule has 1 saturated heterocycles. The first kappa shape index (κ1) is 12.8. The van der Waals surface area contributed by atoms with Gasteiger partial charge in [0.25, 0.3) is 0 Å². The molecule has 0 aromatic carbocycles. The smallest absolute Gasteiger partial charge is 0.158 e. The summed E-state index contributed by atoms with van der Waals surface area (Å²) in [5.74, 6) is 0.0452. The molecule has 17 heavy (non-hydrogen) atoms. The summed E-state index contributed by atoms with van der Waals surface area (Å²) in [5.41, 5.74) is 0.694. The van der Waals surface area contributed by atoms with E-state index >= 15 is 0 Å². The zero-order chi connectivity index (χ0) is 12.3. The molecule has 0 unspecified atom stereocenters. The topological polar surface area (TPSA) is 59.1 Å². The number of aromatic nitrogens is 1. The van der Waals surface area contributed by atoms with Crippen molar-refractivity contribution in [1.82, 2.24) is 10.3 Å². The highest BCUT2D eigenvalue weighted by Gasteiger charge is 2.27. The molecule has 1 N–H and O–H groups in total. The second-order valence-corrected chi connectivity index (χ2v) is 6.93. The standard InChI is InChI=1S/C11H15ClN2O2S/c12-11-4-3-9(6-14-11)8-17(15,16)10-2-1-5-13-7-10/h3-4,6,10,13H,1-2,5,7-8H2/t10-/m0/s1. The largest absolute Gasteiger partial charge is 0.315 e. The Bertz CT molecular complexity index is 467. The van der Waals surface area contributed by atoms with Gasteiger partial charge in [-0.15, -0.1) is 0 Å². The van der Waals surface area contributed by atoms with Crippen LogP contribution in [0.3, 0.4) is 0 Å². The Labute approximate surface area is 106 Å². The maximum atomic E-state index is 12.1. The predicted octanol–water partition coefficient (Wildman–Crippen LogP) is 1.40. The van der Waals surface area contributed by atoms with Crippen LogP contribution in [0.15, 0.2) is 18.3 Å². The molecule has 1 aliphatic heterocycles. The van der Waals surface area contributed by atoms with Gasteiger partial charge >= 0.3 is 0 Å². The monoisotopic (exact) mass is 274 g/mol. The highest BCUT2D eigenvalue weighted by molar-refractivity contribution is 7.91. The average Bonchev–Trinajstić information content (AvgIpc) is 2.33. The van der Waals surface area contributed by atoms with Gasteiger partial charge in [-0.1, -0.05) is 17.7 Å². The highest BCUT2D eigenvalue weighted by atomic mass is 35.5. The van der Waals surface area contributed by atoms with Crippen LogP contribution in [0.25, 0.3) is 0 Å². The molecular weight excluding hydrogens is 260 g/mol. The molecule has 1 aromatic heterocycles. The van der Waals surface area contributed by atoms with Crippen LogP contribution in [0.5, 0.6) is 0 Å². The molecule has 2 rings (SSSR count). The fraction of sp³-hybridized carbons (Fsp3) is 0.545. The van der Waals surface area contributed by atoms with E-state index in [1.54, 1.807) is 12.1 Å². The van der Waals surface area contributed by atoms with Crippen LogP contribution in [0, 0.1) is 0 Å². The van der Waals surface area contributed by atoms with Crippen molar-refractivity contribution in [2.75, 3.05) is 13.1 Å². The van der Waals surface area contributed by atoms with Crippen molar-refractivity contribution in [3.63, 3.8) is 0 Å². The van der Waals surface area contributed by atoms with Crippen molar-refractivity contribution < 1.29 is 8.42 Å². The Morgan fingerprint density at radius 3 is 2.88 bits per heavy atom. The Morgan fingerprint density at radius 2 is 2.29 bits per heavy atom. The van der Waals surface area contributed by atoms with Gasteiger partial charge in [-0.2, -0.15) is 0 Å². The number of nitrogens with zero attached hydrogens (tertiary/aromatic N) is 1. The SMILES string of the molecule is O=S(=O)(Cc1ccc(Cl)nc1)[C@H]1CCCNC1. The first-order valence-electron chi connectivity index (χ1n) is 5.61. The van der Waals surface area contributed by atoms with Crippen LogP contribution >= 0.6 is 11.6 Å². The summed E-state index contributed by atoms with van der Waals surface area (Å²) in [5, 5.41) is 3.23. The lowest BCUT2D eigenvalue weighted by Gasteiger charge is -2.22. The van der Waals surface area contributed by atoms with Crippen LogP contribution in [-0.2, 0) is 15.6 Å². The summed E-state index contributed by atoms with van der Waals surface area (Å²) in [6.07, 6.45) is 3.19. The van der Waals surface area contributed by atoms with Gasteiger partial charge in [0.05, 0.1) is 11.0 Å². The van der Waals surface area contributed by atoms with Crippen LogP contribution < -0.4 is 5.32 Å². The lowest BCUT2D eigenvalue weighted by atomic mass is 10.2. The van der Waals surface area contributed by atoms with E-state index in [4.69, 9.17) is 11.6 Å². The third kappa shape index (κ3) is 3.40. The molecule has 0 spiro atoms. The zero-order valence-corrected chi connectivity index (χ0v) is 11.0. The van der Waals surface area contributed by atoms with E-state index < -0.39 is 9.84 Å². The van der Waals surface area contributed by atoms with E-state index in [0.717, 1.165) is 19.4 Å². The van der Waals surface area contributed by atoms with Crippen molar-refractivity contribution in [2.45, 2.75) is 23.8 Å². The number of halogens is 1. The van der Waals surface area contributed by atoms with E-state index in [9.17, 15) is 8.42 Å². The summed E-state index contributed by atoms with van der Waals surface area (Å²) in [6, 6.07) is 3.33. The van der Waals surface area contributed by atoms with E-state index in [1.165, 1.54) is 6.20 Å². The Balaban J connectivity index is 2.08. The normalized spacial score (nSPS) is 21.4. The molecule has 0 saturated carbocycles. The lowest BCUT2D eigenvalue weighted by molar-refractivity contribution is 0.496. The summed E-state index contributed by atoms with van der Waals surface area (Å²) in [4.78, 5) is 3.89. The highest BCUT2D eigenvalue weighted by Crippen LogP contribution is 2.17. The maximum absolute atomic E-state index is 12.1. The number of piperidine rings is 1. The summed E-state index contributed by atoms with van der Waals surface area (Å²) < 4.78 is 24.3.